The van der Waals surface area contributed by atoms with E-state index in [1.807, 2.05) is 0 Å². The normalized spacial score (nSPS) is 24.5. The summed E-state index contributed by atoms with van der Waals surface area (Å²) in [7, 11) is 0. The van der Waals surface area contributed by atoms with Crippen LogP contribution in [0.2, 0.25) is 0 Å². The number of allylic oxidation sites excluding steroid dienone is 2. The lowest BCUT2D eigenvalue weighted by Gasteiger charge is -2.19. The van der Waals surface area contributed by atoms with Gasteiger partial charge >= 0.3 is 5.38 Å². The standard InChI is InChI=1S/C6H6ClF2N/c7-6(8,9)5-3-1-2-4-10-5/h1-5,10H. The molecule has 0 radical (unpaired) electrons. The Hall–Kier alpha value is -0.570. The van der Waals surface area contributed by atoms with Gasteiger partial charge in [-0.25, -0.2) is 0 Å². The maximum Gasteiger partial charge on any atom is 0.344 e. The van der Waals surface area contributed by atoms with E-state index in [1.54, 1.807) is 6.08 Å². The van der Waals surface area contributed by atoms with Crippen LogP contribution in [0.5, 0.6) is 0 Å². The van der Waals surface area contributed by atoms with Crippen molar-refractivity contribution in [3.63, 3.8) is 0 Å². The minimum absolute atomic E-state index is 1.08. The molecule has 0 bridgehead atoms. The Morgan fingerprint density at radius 1 is 1.40 bits per heavy atom. The molecule has 0 spiro atoms. The Kier molecular flexibility index (Phi) is 1.94. The lowest BCUT2D eigenvalue weighted by molar-refractivity contribution is 0.0726. The molecule has 1 aliphatic heterocycles. The van der Waals surface area contributed by atoms with Gasteiger partial charge in [-0.3, -0.25) is 0 Å². The zero-order valence-electron chi connectivity index (χ0n) is 5.02. The number of alkyl halides is 3. The first-order chi connectivity index (χ1) is 4.61. The second kappa shape index (κ2) is 2.58. The van der Waals surface area contributed by atoms with Gasteiger partial charge < -0.3 is 5.32 Å². The molecule has 10 heavy (non-hydrogen) atoms. The maximum atomic E-state index is 12.2. The molecule has 0 saturated heterocycles. The van der Waals surface area contributed by atoms with Crippen molar-refractivity contribution in [2.45, 2.75) is 11.4 Å². The van der Waals surface area contributed by atoms with Crippen LogP contribution in [0.3, 0.4) is 0 Å². The van der Waals surface area contributed by atoms with Gasteiger partial charge in [-0.15, -0.1) is 0 Å². The quantitative estimate of drug-likeness (QED) is 0.585. The summed E-state index contributed by atoms with van der Waals surface area (Å²) in [6.45, 7) is 0. The smallest absolute Gasteiger partial charge is 0.344 e. The van der Waals surface area contributed by atoms with Crippen molar-refractivity contribution < 1.29 is 8.78 Å². The fourth-order valence-electron chi connectivity index (χ4n) is 0.649. The zero-order chi connectivity index (χ0) is 7.61. The summed E-state index contributed by atoms with van der Waals surface area (Å²) in [4.78, 5) is 0. The van der Waals surface area contributed by atoms with Gasteiger partial charge in [0, 0.05) is 0 Å². The van der Waals surface area contributed by atoms with E-state index in [2.05, 4.69) is 5.32 Å². The molecular weight excluding hydrogens is 160 g/mol. The zero-order valence-corrected chi connectivity index (χ0v) is 5.78. The SMILES string of the molecule is FC(F)(Cl)C1C=CC=CN1. The second-order valence-corrected chi connectivity index (χ2v) is 2.43. The van der Waals surface area contributed by atoms with E-state index in [0.29, 0.717) is 0 Å². The molecule has 0 aliphatic carbocycles. The first kappa shape index (κ1) is 7.54. The molecule has 0 aromatic rings. The number of halogens is 3. The third-order valence-electron chi connectivity index (χ3n) is 1.14. The van der Waals surface area contributed by atoms with Crippen LogP contribution in [0.25, 0.3) is 0 Å². The van der Waals surface area contributed by atoms with Crippen molar-refractivity contribution in [1.29, 1.82) is 0 Å². The highest BCUT2D eigenvalue weighted by Crippen LogP contribution is 2.25. The van der Waals surface area contributed by atoms with E-state index in [-0.39, 0.29) is 0 Å². The lowest BCUT2D eigenvalue weighted by atomic mass is 10.2. The molecule has 1 nitrogen and oxygen atoms in total. The first-order valence-electron chi connectivity index (χ1n) is 2.77. The predicted octanol–water partition coefficient (Wildman–Crippen LogP) is 1.86. The molecule has 1 atom stereocenters. The largest absolute Gasteiger partial charge is 0.378 e. The summed E-state index contributed by atoms with van der Waals surface area (Å²) < 4.78 is 24.5. The van der Waals surface area contributed by atoms with Crippen LogP contribution in [0.1, 0.15) is 0 Å². The molecule has 0 fully saturated rings. The molecular formula is C6H6ClF2N. The van der Waals surface area contributed by atoms with Crippen molar-refractivity contribution in [2.24, 2.45) is 0 Å². The predicted molar refractivity (Wildman–Crippen MR) is 36.0 cm³/mol. The topological polar surface area (TPSA) is 12.0 Å². The number of hydrogen-bond acceptors (Lipinski definition) is 1. The molecule has 0 saturated carbocycles. The van der Waals surface area contributed by atoms with Gasteiger partial charge in [0.25, 0.3) is 0 Å². The molecule has 1 heterocycles. The Morgan fingerprint density at radius 3 is 2.40 bits per heavy atom. The Balaban J connectivity index is 2.60. The van der Waals surface area contributed by atoms with Gasteiger partial charge in [0.2, 0.25) is 0 Å². The monoisotopic (exact) mass is 165 g/mol. The van der Waals surface area contributed by atoms with Gasteiger partial charge in [-0.2, -0.15) is 8.78 Å². The van der Waals surface area contributed by atoms with Crippen molar-refractivity contribution in [3.05, 3.63) is 24.4 Å². The highest BCUT2D eigenvalue weighted by Gasteiger charge is 2.34. The van der Waals surface area contributed by atoms with E-state index in [1.165, 1.54) is 18.4 Å². The van der Waals surface area contributed by atoms with Gasteiger partial charge in [-0.1, -0.05) is 12.2 Å². The molecule has 0 amide bonds. The van der Waals surface area contributed by atoms with Gasteiger partial charge in [0.15, 0.2) is 0 Å². The number of rotatable bonds is 1. The van der Waals surface area contributed by atoms with E-state index in [0.717, 1.165) is 0 Å². The highest BCUT2D eigenvalue weighted by atomic mass is 35.5. The summed E-state index contributed by atoms with van der Waals surface area (Å²) in [5.41, 5.74) is 0. The van der Waals surface area contributed by atoms with Gasteiger partial charge in [-0.05, 0) is 23.9 Å². The van der Waals surface area contributed by atoms with E-state index in [9.17, 15) is 8.78 Å². The third kappa shape index (κ3) is 1.70. The minimum atomic E-state index is -3.21. The van der Waals surface area contributed by atoms with Crippen molar-refractivity contribution in [3.8, 4) is 0 Å². The van der Waals surface area contributed by atoms with Crippen LogP contribution in [-0.4, -0.2) is 11.4 Å². The average molecular weight is 166 g/mol. The highest BCUT2D eigenvalue weighted by molar-refractivity contribution is 6.22. The molecule has 1 rings (SSSR count). The summed E-state index contributed by atoms with van der Waals surface area (Å²) in [5, 5.41) is -0.797. The second-order valence-electron chi connectivity index (χ2n) is 1.93. The molecule has 1 unspecified atom stereocenters. The summed E-state index contributed by atoms with van der Waals surface area (Å²) in [5.74, 6) is 0. The third-order valence-corrected chi connectivity index (χ3v) is 1.37. The van der Waals surface area contributed by atoms with Crippen LogP contribution in [-0.2, 0) is 0 Å². The van der Waals surface area contributed by atoms with Gasteiger partial charge in [0.05, 0.1) is 0 Å². The lowest BCUT2D eigenvalue weighted by Crippen LogP contribution is -2.37. The van der Waals surface area contributed by atoms with Crippen molar-refractivity contribution in [2.75, 3.05) is 0 Å². The Labute approximate surface area is 62.4 Å². The Morgan fingerprint density at radius 2 is 2.10 bits per heavy atom. The molecule has 1 aliphatic rings. The van der Waals surface area contributed by atoms with E-state index in [4.69, 9.17) is 11.6 Å². The van der Waals surface area contributed by atoms with Crippen LogP contribution in [0.4, 0.5) is 8.78 Å². The molecule has 0 aromatic carbocycles. The van der Waals surface area contributed by atoms with Crippen molar-refractivity contribution >= 4 is 11.6 Å². The van der Waals surface area contributed by atoms with Crippen molar-refractivity contribution in [1.82, 2.24) is 5.32 Å². The molecule has 0 aromatic heterocycles. The fraction of sp³-hybridized carbons (Fsp3) is 0.333. The summed E-state index contributed by atoms with van der Waals surface area (Å²) in [6.07, 6.45) is 5.89. The number of hydrogen-bond donors (Lipinski definition) is 1. The van der Waals surface area contributed by atoms with E-state index >= 15 is 0 Å². The number of dihydropyridines is 1. The molecule has 4 heteroatoms. The number of nitrogens with one attached hydrogen (secondary N) is 1. The van der Waals surface area contributed by atoms with Crippen LogP contribution in [0, 0.1) is 0 Å². The first-order valence-corrected chi connectivity index (χ1v) is 3.14. The van der Waals surface area contributed by atoms with E-state index < -0.39 is 11.4 Å². The average Bonchev–Trinajstić information content (AvgIpc) is 1.88. The van der Waals surface area contributed by atoms with Crippen LogP contribution >= 0.6 is 11.6 Å². The van der Waals surface area contributed by atoms with Gasteiger partial charge in [0.1, 0.15) is 6.04 Å². The minimum Gasteiger partial charge on any atom is -0.378 e. The maximum absolute atomic E-state index is 12.2. The van der Waals surface area contributed by atoms with Crippen LogP contribution in [0.15, 0.2) is 24.4 Å². The molecule has 1 N–H and O–H groups in total. The summed E-state index contributed by atoms with van der Waals surface area (Å²) in [6, 6.07) is -1.08. The Bertz CT molecular complexity index is 171. The van der Waals surface area contributed by atoms with Crippen LogP contribution < -0.4 is 5.32 Å². The fourth-order valence-corrected chi connectivity index (χ4v) is 0.785. The summed E-state index contributed by atoms with van der Waals surface area (Å²) >= 11 is 4.73. The molecule has 56 valence electrons.